The summed E-state index contributed by atoms with van der Waals surface area (Å²) in [5, 5.41) is 3.15. The number of ether oxygens (including phenoxy) is 2. The first kappa shape index (κ1) is 23.1. The van der Waals surface area contributed by atoms with Gasteiger partial charge in [0.05, 0.1) is 16.4 Å². The van der Waals surface area contributed by atoms with Crippen molar-refractivity contribution < 1.29 is 19.1 Å². The zero-order valence-electron chi connectivity index (χ0n) is 17.9. The maximum atomic E-state index is 12.9. The quantitative estimate of drug-likeness (QED) is 0.225. The fourth-order valence-electron chi connectivity index (χ4n) is 3.45. The van der Waals surface area contributed by atoms with Crippen molar-refractivity contribution in [1.82, 2.24) is 5.32 Å². The molecule has 0 radical (unpaired) electrons. The molecule has 6 nitrogen and oxygen atoms in total. The van der Waals surface area contributed by atoms with E-state index < -0.39 is 11.9 Å². The predicted molar refractivity (Wildman–Crippen MR) is 137 cm³/mol. The second kappa shape index (κ2) is 9.84. The summed E-state index contributed by atoms with van der Waals surface area (Å²) in [7, 11) is 1.56. The summed E-state index contributed by atoms with van der Waals surface area (Å²) < 4.78 is 12.4. The van der Waals surface area contributed by atoms with Crippen molar-refractivity contribution >= 4 is 57.9 Å². The van der Waals surface area contributed by atoms with E-state index in [9.17, 15) is 9.59 Å². The van der Waals surface area contributed by atoms with Gasteiger partial charge in [0.1, 0.15) is 12.3 Å². The molecule has 1 fully saturated rings. The third-order valence-corrected chi connectivity index (χ3v) is 6.04. The van der Waals surface area contributed by atoms with E-state index in [2.05, 4.69) is 34.0 Å². The molecule has 3 aromatic rings. The molecule has 1 aliphatic rings. The first-order valence-electron chi connectivity index (χ1n) is 10.0. The molecule has 0 unspecified atom stereocenters. The number of nitrogens with zero attached hydrogens (tertiary/aromatic N) is 1. The van der Waals surface area contributed by atoms with E-state index in [1.165, 1.54) is 0 Å². The van der Waals surface area contributed by atoms with Crippen LogP contribution in [0.5, 0.6) is 11.5 Å². The summed E-state index contributed by atoms with van der Waals surface area (Å²) in [5.41, 5.74) is 3.52. The van der Waals surface area contributed by atoms with Gasteiger partial charge in [0.2, 0.25) is 0 Å². The van der Waals surface area contributed by atoms with Gasteiger partial charge in [0.15, 0.2) is 11.5 Å². The highest BCUT2D eigenvalue weighted by Gasteiger charge is 2.34. The minimum atomic E-state index is -0.520. The Hall–Kier alpha value is -3.04. The standard InChI is InChI=1S/C25H20ClIN2O4/c1-15-4-3-5-16(10-15)14-33-23-20(27)11-17(13-22(23)32-2)12-21-24(30)29(25(31)28-21)19-8-6-18(26)7-9-19/h3-13H,14H2,1-2H3,(H,28,31)/b21-12+. The number of amides is 3. The molecule has 33 heavy (non-hydrogen) atoms. The first-order valence-corrected chi connectivity index (χ1v) is 11.5. The second-order valence-electron chi connectivity index (χ2n) is 7.42. The second-order valence-corrected chi connectivity index (χ2v) is 9.02. The van der Waals surface area contributed by atoms with E-state index in [4.69, 9.17) is 21.1 Å². The maximum Gasteiger partial charge on any atom is 0.333 e. The highest BCUT2D eigenvalue weighted by Crippen LogP contribution is 2.35. The third-order valence-electron chi connectivity index (χ3n) is 4.99. The molecule has 8 heteroatoms. The Morgan fingerprint density at radius 2 is 1.85 bits per heavy atom. The Labute approximate surface area is 210 Å². The Morgan fingerprint density at radius 1 is 1.09 bits per heavy atom. The average Bonchev–Trinajstić information content (AvgIpc) is 3.06. The Bertz CT molecular complexity index is 1260. The number of imide groups is 1. The number of halogens is 2. The Kier molecular flexibility index (Phi) is 6.90. The lowest BCUT2D eigenvalue weighted by atomic mass is 10.1. The zero-order valence-corrected chi connectivity index (χ0v) is 20.8. The molecule has 1 saturated heterocycles. The minimum Gasteiger partial charge on any atom is -0.493 e. The zero-order chi connectivity index (χ0) is 23.5. The van der Waals surface area contributed by atoms with E-state index in [0.29, 0.717) is 34.4 Å². The highest BCUT2D eigenvalue weighted by atomic mass is 127. The van der Waals surface area contributed by atoms with Crippen LogP contribution >= 0.6 is 34.2 Å². The molecule has 168 valence electrons. The molecule has 0 aromatic heterocycles. The van der Waals surface area contributed by atoms with Gasteiger partial charge in [-0.25, -0.2) is 9.69 Å². The topological polar surface area (TPSA) is 67.9 Å². The van der Waals surface area contributed by atoms with Crippen LogP contribution in [0.4, 0.5) is 10.5 Å². The number of anilines is 1. The average molecular weight is 575 g/mol. The van der Waals surface area contributed by atoms with Crippen molar-refractivity contribution in [3.63, 3.8) is 0 Å². The molecule has 4 rings (SSSR count). The normalized spacial score (nSPS) is 14.5. The van der Waals surface area contributed by atoms with Crippen LogP contribution in [0.1, 0.15) is 16.7 Å². The number of rotatable bonds is 6. The minimum absolute atomic E-state index is 0.168. The largest absolute Gasteiger partial charge is 0.493 e. The van der Waals surface area contributed by atoms with Gasteiger partial charge in [-0.1, -0.05) is 41.4 Å². The van der Waals surface area contributed by atoms with Crippen LogP contribution in [-0.2, 0) is 11.4 Å². The van der Waals surface area contributed by atoms with Gasteiger partial charge < -0.3 is 14.8 Å². The summed E-state index contributed by atoms with van der Waals surface area (Å²) in [6, 6.07) is 17.7. The van der Waals surface area contributed by atoms with Crippen LogP contribution in [-0.4, -0.2) is 19.0 Å². The van der Waals surface area contributed by atoms with Crippen molar-refractivity contribution in [3.05, 3.63) is 91.6 Å². The summed E-state index contributed by atoms with van der Waals surface area (Å²) in [6.07, 6.45) is 1.62. The molecule has 1 N–H and O–H groups in total. The number of hydrogen-bond acceptors (Lipinski definition) is 4. The van der Waals surface area contributed by atoms with E-state index in [1.807, 2.05) is 31.2 Å². The number of urea groups is 1. The van der Waals surface area contributed by atoms with Gasteiger partial charge in [-0.2, -0.15) is 0 Å². The Morgan fingerprint density at radius 3 is 2.55 bits per heavy atom. The monoisotopic (exact) mass is 574 g/mol. The molecule has 0 bridgehead atoms. The molecular formula is C25H20ClIN2O4. The molecule has 3 amide bonds. The van der Waals surface area contributed by atoms with Crippen molar-refractivity contribution in [1.29, 1.82) is 0 Å². The van der Waals surface area contributed by atoms with Gasteiger partial charge >= 0.3 is 6.03 Å². The molecule has 1 aliphatic heterocycles. The van der Waals surface area contributed by atoms with E-state index in [1.54, 1.807) is 43.5 Å². The van der Waals surface area contributed by atoms with Crippen molar-refractivity contribution in [3.8, 4) is 11.5 Å². The van der Waals surface area contributed by atoms with Crippen LogP contribution in [0.2, 0.25) is 5.02 Å². The van der Waals surface area contributed by atoms with E-state index in [0.717, 1.165) is 19.6 Å². The molecule has 0 saturated carbocycles. The van der Waals surface area contributed by atoms with Gasteiger partial charge in [-0.3, -0.25) is 4.79 Å². The molecule has 1 heterocycles. The molecular weight excluding hydrogens is 555 g/mol. The fourth-order valence-corrected chi connectivity index (χ4v) is 4.35. The van der Waals surface area contributed by atoms with Crippen LogP contribution in [0, 0.1) is 10.5 Å². The summed E-state index contributed by atoms with van der Waals surface area (Å²) >= 11 is 8.08. The smallest absolute Gasteiger partial charge is 0.333 e. The van der Waals surface area contributed by atoms with Crippen molar-refractivity contribution in [2.75, 3.05) is 12.0 Å². The van der Waals surface area contributed by atoms with Crippen LogP contribution in [0.15, 0.2) is 66.4 Å². The number of carbonyl (C=O) groups is 2. The first-order chi connectivity index (χ1) is 15.9. The number of nitrogens with one attached hydrogen (secondary N) is 1. The molecule has 3 aromatic carbocycles. The molecule has 0 aliphatic carbocycles. The predicted octanol–water partition coefficient (Wildman–Crippen LogP) is 5.94. The number of aryl methyl sites for hydroxylation is 1. The Balaban J connectivity index is 1.58. The maximum absolute atomic E-state index is 12.9. The summed E-state index contributed by atoms with van der Waals surface area (Å²) in [5.74, 6) is 0.704. The van der Waals surface area contributed by atoms with Crippen molar-refractivity contribution in [2.24, 2.45) is 0 Å². The van der Waals surface area contributed by atoms with Gasteiger partial charge in [0.25, 0.3) is 5.91 Å². The van der Waals surface area contributed by atoms with Crippen molar-refractivity contribution in [2.45, 2.75) is 13.5 Å². The third kappa shape index (κ3) is 5.15. The lowest BCUT2D eigenvalue weighted by molar-refractivity contribution is -0.113. The van der Waals surface area contributed by atoms with Crippen LogP contribution in [0.3, 0.4) is 0 Å². The number of hydrogen-bond donors (Lipinski definition) is 1. The van der Waals surface area contributed by atoms with Gasteiger partial charge in [-0.05, 0) is 83.1 Å². The number of methoxy groups -OCH3 is 1. The van der Waals surface area contributed by atoms with Gasteiger partial charge in [-0.15, -0.1) is 0 Å². The lowest BCUT2D eigenvalue weighted by Crippen LogP contribution is -2.30. The van der Waals surface area contributed by atoms with Crippen LogP contribution < -0.4 is 19.7 Å². The number of benzene rings is 3. The summed E-state index contributed by atoms with van der Waals surface area (Å²) in [4.78, 5) is 26.4. The molecule has 0 spiro atoms. The summed E-state index contributed by atoms with van der Waals surface area (Å²) in [6.45, 7) is 2.44. The van der Waals surface area contributed by atoms with Crippen LogP contribution in [0.25, 0.3) is 6.08 Å². The number of carbonyl (C=O) groups excluding carboxylic acids is 2. The fraction of sp³-hybridized carbons (Fsp3) is 0.120. The van der Waals surface area contributed by atoms with E-state index in [-0.39, 0.29) is 5.70 Å². The highest BCUT2D eigenvalue weighted by molar-refractivity contribution is 14.1. The van der Waals surface area contributed by atoms with Gasteiger partial charge in [0, 0.05) is 5.02 Å². The SMILES string of the molecule is COc1cc(/C=C2/NC(=O)N(c3ccc(Cl)cc3)C2=O)cc(I)c1OCc1cccc(C)c1. The van der Waals surface area contributed by atoms with E-state index >= 15 is 0 Å². The lowest BCUT2D eigenvalue weighted by Gasteiger charge is -2.14. The molecule has 0 atom stereocenters.